The zero-order chi connectivity index (χ0) is 16.2. The maximum Gasteiger partial charge on any atom is 0.184 e. The molecule has 0 spiro atoms. The highest BCUT2D eigenvalue weighted by atomic mass is 28.4. The van der Waals surface area contributed by atoms with Crippen LogP contribution >= 0.6 is 0 Å². The van der Waals surface area contributed by atoms with Crippen molar-refractivity contribution in [3.8, 4) is 0 Å². The average Bonchev–Trinajstić information content (AvgIpc) is 2.09. The highest BCUT2D eigenvalue weighted by Crippen LogP contribution is 2.19. The summed E-state index contributed by atoms with van der Waals surface area (Å²) in [5, 5.41) is 0. The summed E-state index contributed by atoms with van der Waals surface area (Å²) < 4.78 is 18.5. The molecule has 0 aliphatic carbocycles. The van der Waals surface area contributed by atoms with Gasteiger partial charge in [0.2, 0.25) is 0 Å². The quantitative estimate of drug-likeness (QED) is 0.572. The molecule has 2 unspecified atom stereocenters. The number of hydrogen-bond donors (Lipinski definition) is 0. The van der Waals surface area contributed by atoms with Gasteiger partial charge in [-0.1, -0.05) is 0 Å². The zero-order valence-corrected chi connectivity index (χ0v) is 18.3. The molecular weight excluding hydrogens is 300 g/mol. The van der Waals surface area contributed by atoms with E-state index in [-0.39, 0.29) is 12.2 Å². The first-order valence-corrected chi connectivity index (χ1v) is 17.9. The smallest absolute Gasteiger partial charge is 0.184 e. The second-order valence-electron chi connectivity index (χ2n) is 8.45. The first-order valence-electron chi connectivity index (χ1n) is 7.69. The van der Waals surface area contributed by atoms with Gasteiger partial charge in [-0.25, -0.2) is 0 Å². The predicted molar refractivity (Wildman–Crippen MR) is 96.0 cm³/mol. The van der Waals surface area contributed by atoms with Gasteiger partial charge in [-0.2, -0.15) is 0 Å². The molecule has 20 heavy (non-hydrogen) atoms. The van der Waals surface area contributed by atoms with Crippen molar-refractivity contribution < 1.29 is 13.3 Å². The van der Waals surface area contributed by atoms with Gasteiger partial charge in [-0.15, -0.1) is 0 Å². The van der Waals surface area contributed by atoms with Crippen LogP contribution in [0.5, 0.6) is 0 Å². The maximum absolute atomic E-state index is 6.33. The minimum atomic E-state index is -1.56. The Morgan fingerprint density at radius 2 is 1.15 bits per heavy atom. The van der Waals surface area contributed by atoms with Crippen LogP contribution in [-0.4, -0.2) is 43.8 Å². The average molecular weight is 337 g/mol. The molecule has 0 aliphatic heterocycles. The second kappa shape index (κ2) is 7.69. The van der Waals surface area contributed by atoms with Crippen LogP contribution in [-0.2, 0) is 13.3 Å². The SMILES string of the molecule is CC(O[Si](C)(C)C)C(CCO[Si](C)(C)C)O[Si](C)(C)C. The van der Waals surface area contributed by atoms with Crippen LogP contribution in [0.15, 0.2) is 0 Å². The van der Waals surface area contributed by atoms with Crippen molar-refractivity contribution in [3.05, 3.63) is 0 Å². The predicted octanol–water partition coefficient (Wildman–Crippen LogP) is 4.69. The Balaban J connectivity index is 4.56. The summed E-state index contributed by atoms with van der Waals surface area (Å²) >= 11 is 0. The highest BCUT2D eigenvalue weighted by Gasteiger charge is 2.29. The zero-order valence-electron chi connectivity index (χ0n) is 15.3. The lowest BCUT2D eigenvalue weighted by atomic mass is 10.2. The van der Waals surface area contributed by atoms with Crippen molar-refractivity contribution in [1.82, 2.24) is 0 Å². The monoisotopic (exact) mass is 336 g/mol. The van der Waals surface area contributed by atoms with E-state index in [2.05, 4.69) is 65.8 Å². The molecule has 0 heterocycles. The van der Waals surface area contributed by atoms with Crippen LogP contribution < -0.4 is 0 Å². The van der Waals surface area contributed by atoms with E-state index in [1.165, 1.54) is 0 Å². The molecule has 0 aromatic carbocycles. The summed E-state index contributed by atoms with van der Waals surface area (Å²) in [6.45, 7) is 23.0. The Kier molecular flexibility index (Phi) is 7.89. The van der Waals surface area contributed by atoms with Gasteiger partial charge in [-0.3, -0.25) is 0 Å². The molecule has 0 radical (unpaired) electrons. The van der Waals surface area contributed by atoms with Crippen LogP contribution in [0.4, 0.5) is 0 Å². The van der Waals surface area contributed by atoms with Crippen molar-refractivity contribution in [2.45, 2.75) is 84.5 Å². The Morgan fingerprint density at radius 3 is 1.50 bits per heavy atom. The van der Waals surface area contributed by atoms with Crippen molar-refractivity contribution in [3.63, 3.8) is 0 Å². The van der Waals surface area contributed by atoms with Crippen molar-refractivity contribution >= 4 is 25.0 Å². The summed E-state index contributed by atoms with van der Waals surface area (Å²) in [5.74, 6) is 0. The fourth-order valence-electron chi connectivity index (χ4n) is 1.96. The lowest BCUT2D eigenvalue weighted by Crippen LogP contribution is -2.44. The van der Waals surface area contributed by atoms with Gasteiger partial charge in [0.05, 0.1) is 12.2 Å². The maximum atomic E-state index is 6.33. The van der Waals surface area contributed by atoms with Crippen molar-refractivity contribution in [2.24, 2.45) is 0 Å². The molecule has 0 amide bonds. The van der Waals surface area contributed by atoms with Crippen molar-refractivity contribution in [2.75, 3.05) is 6.61 Å². The summed E-state index contributed by atoms with van der Waals surface area (Å²) in [6, 6.07) is 0. The van der Waals surface area contributed by atoms with E-state index in [9.17, 15) is 0 Å². The van der Waals surface area contributed by atoms with E-state index < -0.39 is 25.0 Å². The van der Waals surface area contributed by atoms with Gasteiger partial charge < -0.3 is 13.3 Å². The Labute approximate surface area is 129 Å². The van der Waals surface area contributed by atoms with Gasteiger partial charge in [0.25, 0.3) is 0 Å². The van der Waals surface area contributed by atoms with E-state index in [0.717, 1.165) is 13.0 Å². The third-order valence-electron chi connectivity index (χ3n) is 2.51. The third-order valence-corrected chi connectivity index (χ3v) is 5.66. The third kappa shape index (κ3) is 12.3. The molecule has 0 saturated heterocycles. The van der Waals surface area contributed by atoms with Crippen LogP contribution in [0.2, 0.25) is 58.9 Å². The minimum absolute atomic E-state index is 0.152. The highest BCUT2D eigenvalue weighted by molar-refractivity contribution is 6.70. The lowest BCUT2D eigenvalue weighted by molar-refractivity contribution is 0.0401. The molecule has 0 saturated carbocycles. The normalized spacial score (nSPS) is 17.1. The van der Waals surface area contributed by atoms with Gasteiger partial charge in [-0.05, 0) is 72.3 Å². The van der Waals surface area contributed by atoms with E-state index in [0.29, 0.717) is 0 Å². The molecule has 0 fully saturated rings. The van der Waals surface area contributed by atoms with Gasteiger partial charge in [0, 0.05) is 6.61 Å². The minimum Gasteiger partial charge on any atom is -0.418 e. The molecule has 0 aromatic heterocycles. The molecule has 122 valence electrons. The van der Waals surface area contributed by atoms with E-state index >= 15 is 0 Å². The Bertz CT molecular complexity index is 277. The topological polar surface area (TPSA) is 27.7 Å². The number of hydrogen-bond acceptors (Lipinski definition) is 3. The van der Waals surface area contributed by atoms with E-state index in [4.69, 9.17) is 13.3 Å². The van der Waals surface area contributed by atoms with Crippen LogP contribution in [0.1, 0.15) is 13.3 Å². The molecule has 0 aromatic rings. The molecule has 0 bridgehead atoms. The van der Waals surface area contributed by atoms with E-state index in [1.807, 2.05) is 0 Å². The summed E-state index contributed by atoms with van der Waals surface area (Å²) in [4.78, 5) is 0. The molecule has 2 atom stereocenters. The Morgan fingerprint density at radius 1 is 0.700 bits per heavy atom. The Hall–Kier alpha value is 0.531. The van der Waals surface area contributed by atoms with Gasteiger partial charge >= 0.3 is 0 Å². The molecule has 6 heteroatoms. The molecule has 3 nitrogen and oxygen atoms in total. The number of rotatable bonds is 9. The van der Waals surface area contributed by atoms with Gasteiger partial charge in [0.1, 0.15) is 0 Å². The largest absolute Gasteiger partial charge is 0.418 e. The van der Waals surface area contributed by atoms with Gasteiger partial charge in [0.15, 0.2) is 25.0 Å². The molecular formula is C14H36O3Si3. The second-order valence-corrected chi connectivity index (χ2v) is 21.9. The van der Waals surface area contributed by atoms with Crippen LogP contribution in [0, 0.1) is 0 Å². The molecule has 0 rings (SSSR count). The first kappa shape index (κ1) is 20.5. The van der Waals surface area contributed by atoms with Crippen LogP contribution in [0.25, 0.3) is 0 Å². The fraction of sp³-hybridized carbons (Fsp3) is 1.00. The molecule has 0 N–H and O–H groups in total. The van der Waals surface area contributed by atoms with Crippen molar-refractivity contribution in [1.29, 1.82) is 0 Å². The lowest BCUT2D eigenvalue weighted by Gasteiger charge is -2.34. The van der Waals surface area contributed by atoms with E-state index in [1.54, 1.807) is 0 Å². The fourth-order valence-corrected chi connectivity index (χ4v) is 5.17. The summed E-state index contributed by atoms with van der Waals surface area (Å²) in [6.07, 6.45) is 1.24. The first-order chi connectivity index (χ1) is 8.70. The molecule has 0 aliphatic rings. The summed E-state index contributed by atoms with van der Waals surface area (Å²) in [5.41, 5.74) is 0. The van der Waals surface area contributed by atoms with Crippen LogP contribution in [0.3, 0.4) is 0 Å². The standard InChI is InChI=1S/C14H36O3Si3/c1-13(16-19(5,6)7)14(17-20(8,9)10)11-12-15-18(2,3)4/h13-14H,11-12H2,1-10H3. The summed E-state index contributed by atoms with van der Waals surface area (Å²) in [7, 11) is -4.53.